The van der Waals surface area contributed by atoms with Gasteiger partial charge in [-0.1, -0.05) is 0 Å². The summed E-state index contributed by atoms with van der Waals surface area (Å²) in [6.07, 6.45) is 6.93. The van der Waals surface area contributed by atoms with Crippen molar-refractivity contribution in [2.24, 2.45) is 5.92 Å². The minimum atomic E-state index is 0.354. The van der Waals surface area contributed by atoms with Crippen LogP contribution >= 0.6 is 0 Å². The first kappa shape index (κ1) is 12.1. The zero-order valence-electron chi connectivity index (χ0n) is 10.3. The van der Waals surface area contributed by atoms with E-state index in [4.69, 9.17) is 4.74 Å². The number of nitrogens with zero attached hydrogens (tertiary/aromatic N) is 1. The molecule has 0 bridgehead atoms. The summed E-state index contributed by atoms with van der Waals surface area (Å²) in [6, 6.07) is 0. The van der Waals surface area contributed by atoms with Gasteiger partial charge in [-0.2, -0.15) is 0 Å². The Balaban J connectivity index is 1.63. The molecule has 1 aliphatic heterocycles. The Morgan fingerprint density at radius 3 is 2.88 bits per heavy atom. The molecule has 2 unspecified atom stereocenters. The van der Waals surface area contributed by atoms with Gasteiger partial charge in [-0.3, -0.25) is 4.79 Å². The SMILES string of the molecule is CN(CCC1CCCC1=O)CC1CCCO1. The van der Waals surface area contributed by atoms with Crippen molar-refractivity contribution in [2.45, 2.75) is 44.6 Å². The number of Topliss-reactive ketones (excluding diaryl/α,β-unsaturated/α-hetero) is 1. The van der Waals surface area contributed by atoms with Crippen LogP contribution in [0, 0.1) is 5.92 Å². The van der Waals surface area contributed by atoms with Crippen molar-refractivity contribution >= 4 is 5.78 Å². The first-order valence-electron chi connectivity index (χ1n) is 6.58. The van der Waals surface area contributed by atoms with E-state index >= 15 is 0 Å². The Hall–Kier alpha value is -0.410. The zero-order valence-corrected chi connectivity index (χ0v) is 10.3. The third kappa shape index (κ3) is 3.29. The third-order valence-corrected chi connectivity index (χ3v) is 3.83. The lowest BCUT2D eigenvalue weighted by Crippen LogP contribution is -2.30. The van der Waals surface area contributed by atoms with E-state index in [-0.39, 0.29) is 0 Å². The lowest BCUT2D eigenvalue weighted by molar-refractivity contribution is -0.120. The van der Waals surface area contributed by atoms with Gasteiger partial charge < -0.3 is 9.64 Å². The summed E-state index contributed by atoms with van der Waals surface area (Å²) in [5, 5.41) is 0. The summed E-state index contributed by atoms with van der Waals surface area (Å²) in [5.41, 5.74) is 0. The second-order valence-electron chi connectivity index (χ2n) is 5.24. The number of carbonyl (C=O) groups excluding carboxylic acids is 1. The van der Waals surface area contributed by atoms with Crippen LogP contribution in [-0.2, 0) is 9.53 Å². The highest BCUT2D eigenvalue weighted by Gasteiger charge is 2.24. The van der Waals surface area contributed by atoms with E-state index in [9.17, 15) is 4.79 Å². The van der Waals surface area contributed by atoms with Crippen molar-refractivity contribution in [1.29, 1.82) is 0 Å². The summed E-state index contributed by atoms with van der Waals surface area (Å²) in [5.74, 6) is 0.845. The van der Waals surface area contributed by atoms with E-state index in [1.807, 2.05) is 0 Å². The number of hydrogen-bond acceptors (Lipinski definition) is 3. The molecule has 0 amide bonds. The molecule has 0 spiro atoms. The number of rotatable bonds is 5. The Labute approximate surface area is 98.1 Å². The van der Waals surface area contributed by atoms with Gasteiger partial charge in [0, 0.05) is 25.5 Å². The number of likely N-dealkylation sites (N-methyl/N-ethyl adjacent to an activating group) is 1. The van der Waals surface area contributed by atoms with Crippen LogP contribution in [0.1, 0.15) is 38.5 Å². The Kier molecular flexibility index (Phi) is 4.36. The van der Waals surface area contributed by atoms with E-state index in [2.05, 4.69) is 11.9 Å². The molecule has 3 heteroatoms. The van der Waals surface area contributed by atoms with Crippen LogP contribution in [0.15, 0.2) is 0 Å². The fourth-order valence-corrected chi connectivity index (χ4v) is 2.80. The highest BCUT2D eigenvalue weighted by Crippen LogP contribution is 2.24. The Morgan fingerprint density at radius 1 is 1.38 bits per heavy atom. The Bertz CT molecular complexity index is 236. The lowest BCUT2D eigenvalue weighted by atomic mass is 10.0. The van der Waals surface area contributed by atoms with Crippen molar-refractivity contribution < 1.29 is 9.53 Å². The van der Waals surface area contributed by atoms with Crippen LogP contribution in [0.25, 0.3) is 0 Å². The van der Waals surface area contributed by atoms with Gasteiger partial charge in [0.2, 0.25) is 0 Å². The number of ketones is 1. The second-order valence-corrected chi connectivity index (χ2v) is 5.24. The molecule has 0 aromatic heterocycles. The van der Waals surface area contributed by atoms with Gasteiger partial charge in [0.25, 0.3) is 0 Å². The van der Waals surface area contributed by atoms with Crippen LogP contribution in [0.2, 0.25) is 0 Å². The highest BCUT2D eigenvalue weighted by atomic mass is 16.5. The molecule has 3 nitrogen and oxygen atoms in total. The van der Waals surface area contributed by atoms with E-state index in [0.29, 0.717) is 17.8 Å². The molecule has 1 aliphatic carbocycles. The summed E-state index contributed by atoms with van der Waals surface area (Å²) in [7, 11) is 2.14. The average Bonchev–Trinajstić information content (AvgIpc) is 2.87. The zero-order chi connectivity index (χ0) is 11.4. The molecule has 0 aromatic rings. The standard InChI is InChI=1S/C13H23NO2/c1-14(10-12-5-3-9-16-12)8-7-11-4-2-6-13(11)15/h11-12H,2-10H2,1H3. The van der Waals surface area contributed by atoms with Gasteiger partial charge in [0.1, 0.15) is 5.78 Å². The van der Waals surface area contributed by atoms with Crippen molar-refractivity contribution in [3.05, 3.63) is 0 Å². The van der Waals surface area contributed by atoms with Crippen molar-refractivity contribution in [3.63, 3.8) is 0 Å². The molecule has 1 heterocycles. The van der Waals surface area contributed by atoms with Gasteiger partial charge in [-0.25, -0.2) is 0 Å². The summed E-state index contributed by atoms with van der Waals surface area (Å²) < 4.78 is 5.61. The van der Waals surface area contributed by atoms with Gasteiger partial charge >= 0.3 is 0 Å². The molecule has 2 rings (SSSR count). The quantitative estimate of drug-likeness (QED) is 0.715. The van der Waals surface area contributed by atoms with Crippen LogP contribution in [0.5, 0.6) is 0 Å². The maximum absolute atomic E-state index is 11.5. The van der Waals surface area contributed by atoms with Crippen molar-refractivity contribution in [3.8, 4) is 0 Å². The van der Waals surface area contributed by atoms with E-state index in [1.165, 1.54) is 12.8 Å². The first-order valence-corrected chi connectivity index (χ1v) is 6.58. The molecule has 0 radical (unpaired) electrons. The average molecular weight is 225 g/mol. The molecule has 1 saturated carbocycles. The number of hydrogen-bond donors (Lipinski definition) is 0. The van der Waals surface area contributed by atoms with Crippen LogP contribution < -0.4 is 0 Å². The van der Waals surface area contributed by atoms with Gasteiger partial charge in [-0.15, -0.1) is 0 Å². The van der Waals surface area contributed by atoms with Crippen molar-refractivity contribution in [1.82, 2.24) is 4.90 Å². The molecule has 1 saturated heterocycles. The number of carbonyl (C=O) groups is 1. The topological polar surface area (TPSA) is 29.5 Å². The lowest BCUT2D eigenvalue weighted by Gasteiger charge is -2.21. The van der Waals surface area contributed by atoms with E-state index < -0.39 is 0 Å². The van der Waals surface area contributed by atoms with E-state index in [1.54, 1.807) is 0 Å². The van der Waals surface area contributed by atoms with Gasteiger partial charge in [-0.05, 0) is 45.7 Å². The molecule has 2 fully saturated rings. The van der Waals surface area contributed by atoms with E-state index in [0.717, 1.165) is 45.4 Å². The smallest absolute Gasteiger partial charge is 0.136 e. The predicted molar refractivity (Wildman–Crippen MR) is 63.4 cm³/mol. The first-order chi connectivity index (χ1) is 7.75. The minimum Gasteiger partial charge on any atom is -0.377 e. The molecule has 16 heavy (non-hydrogen) atoms. The summed E-state index contributed by atoms with van der Waals surface area (Å²) >= 11 is 0. The summed E-state index contributed by atoms with van der Waals surface area (Å²) in [4.78, 5) is 13.8. The van der Waals surface area contributed by atoms with Crippen LogP contribution in [0.3, 0.4) is 0 Å². The Morgan fingerprint density at radius 2 is 2.25 bits per heavy atom. The maximum atomic E-state index is 11.5. The van der Waals surface area contributed by atoms with Crippen LogP contribution in [-0.4, -0.2) is 43.5 Å². The fourth-order valence-electron chi connectivity index (χ4n) is 2.80. The third-order valence-electron chi connectivity index (χ3n) is 3.83. The predicted octanol–water partition coefficient (Wildman–Crippen LogP) is 1.86. The monoisotopic (exact) mass is 225 g/mol. The molecular formula is C13H23NO2. The number of ether oxygens (including phenoxy) is 1. The highest BCUT2D eigenvalue weighted by molar-refractivity contribution is 5.82. The molecule has 0 aromatic carbocycles. The fraction of sp³-hybridized carbons (Fsp3) is 0.923. The maximum Gasteiger partial charge on any atom is 0.136 e. The van der Waals surface area contributed by atoms with Crippen molar-refractivity contribution in [2.75, 3.05) is 26.7 Å². The normalized spacial score (nSPS) is 30.5. The molecular weight excluding hydrogens is 202 g/mol. The molecule has 0 N–H and O–H groups in total. The summed E-state index contributed by atoms with van der Waals surface area (Å²) in [6.45, 7) is 3.00. The van der Waals surface area contributed by atoms with Crippen LogP contribution in [0.4, 0.5) is 0 Å². The second kappa shape index (κ2) is 5.78. The minimum absolute atomic E-state index is 0.354. The molecule has 2 aliphatic rings. The molecule has 92 valence electrons. The van der Waals surface area contributed by atoms with Gasteiger partial charge in [0.05, 0.1) is 6.10 Å². The molecule has 2 atom stereocenters. The van der Waals surface area contributed by atoms with Gasteiger partial charge in [0.15, 0.2) is 0 Å². The largest absolute Gasteiger partial charge is 0.377 e.